The molecule has 3 nitrogen and oxygen atoms in total. The Bertz CT molecular complexity index is 375. The van der Waals surface area contributed by atoms with E-state index in [9.17, 15) is 4.21 Å². The van der Waals surface area contributed by atoms with Crippen molar-refractivity contribution in [2.24, 2.45) is 0 Å². The number of hydrogen-bond acceptors (Lipinski definition) is 3. The number of benzene rings is 1. The van der Waals surface area contributed by atoms with Crippen LogP contribution < -0.4 is 5.73 Å². The molecule has 1 aromatic rings. The molecule has 1 unspecified atom stereocenters. The largest absolute Gasteiger partial charge is 0.398 e. The molecule has 1 aliphatic rings. The molecule has 0 aromatic heterocycles. The molecule has 16 heavy (non-hydrogen) atoms. The van der Waals surface area contributed by atoms with Crippen molar-refractivity contribution in [1.82, 2.24) is 0 Å². The van der Waals surface area contributed by atoms with Crippen LogP contribution in [0.4, 0.5) is 5.69 Å². The fourth-order valence-electron chi connectivity index (χ4n) is 1.88. The van der Waals surface area contributed by atoms with Crippen molar-refractivity contribution in [1.29, 1.82) is 0 Å². The summed E-state index contributed by atoms with van der Waals surface area (Å²) in [5, 5.41) is 0.272. The first-order valence-corrected chi connectivity index (χ1v) is 6.94. The fourth-order valence-corrected chi connectivity index (χ4v) is 3.40. The van der Waals surface area contributed by atoms with Crippen molar-refractivity contribution in [3.8, 4) is 0 Å². The van der Waals surface area contributed by atoms with Gasteiger partial charge in [0.05, 0.1) is 5.75 Å². The summed E-state index contributed by atoms with van der Waals surface area (Å²) in [6.07, 6.45) is 1.80. The highest BCUT2D eigenvalue weighted by Gasteiger charge is 2.20. The van der Waals surface area contributed by atoms with Gasteiger partial charge in [0.15, 0.2) is 0 Å². The summed E-state index contributed by atoms with van der Waals surface area (Å²) in [4.78, 5) is 0. The minimum Gasteiger partial charge on any atom is -0.398 e. The van der Waals surface area contributed by atoms with E-state index in [-0.39, 0.29) is 5.25 Å². The smallest absolute Gasteiger partial charge is 0.0508 e. The SMILES string of the molecule is Nc1ccccc1CS(=O)C1CCOCC1. The minimum absolute atomic E-state index is 0.272. The summed E-state index contributed by atoms with van der Waals surface area (Å²) in [6, 6.07) is 7.64. The van der Waals surface area contributed by atoms with E-state index in [1.807, 2.05) is 24.3 Å². The minimum atomic E-state index is -0.828. The highest BCUT2D eigenvalue weighted by molar-refractivity contribution is 7.84. The van der Waals surface area contributed by atoms with Gasteiger partial charge in [-0.2, -0.15) is 0 Å². The van der Waals surface area contributed by atoms with Gasteiger partial charge in [-0.3, -0.25) is 4.21 Å². The molecule has 2 rings (SSSR count). The molecule has 1 heterocycles. The van der Waals surface area contributed by atoms with Crippen LogP contribution in [0.25, 0.3) is 0 Å². The van der Waals surface area contributed by atoms with E-state index in [1.165, 1.54) is 0 Å². The maximum Gasteiger partial charge on any atom is 0.0508 e. The van der Waals surface area contributed by atoms with Gasteiger partial charge in [-0.15, -0.1) is 0 Å². The maximum absolute atomic E-state index is 12.1. The Kier molecular flexibility index (Phi) is 3.96. The van der Waals surface area contributed by atoms with Crippen LogP contribution in [0.5, 0.6) is 0 Å². The van der Waals surface area contributed by atoms with Crippen LogP contribution in [-0.2, 0) is 21.3 Å². The lowest BCUT2D eigenvalue weighted by atomic mass is 10.2. The highest BCUT2D eigenvalue weighted by Crippen LogP contribution is 2.19. The number of anilines is 1. The Hall–Kier alpha value is -0.870. The van der Waals surface area contributed by atoms with Crippen LogP contribution in [0.3, 0.4) is 0 Å². The summed E-state index contributed by atoms with van der Waals surface area (Å²) < 4.78 is 17.4. The average molecular weight is 239 g/mol. The van der Waals surface area contributed by atoms with E-state index in [0.29, 0.717) is 5.75 Å². The summed E-state index contributed by atoms with van der Waals surface area (Å²) in [5.74, 6) is 0.567. The van der Waals surface area contributed by atoms with Crippen LogP contribution in [-0.4, -0.2) is 22.7 Å². The Balaban J connectivity index is 1.99. The number of hydrogen-bond donors (Lipinski definition) is 1. The molecule has 1 saturated heterocycles. The summed E-state index contributed by atoms with van der Waals surface area (Å²) >= 11 is 0. The zero-order valence-corrected chi connectivity index (χ0v) is 10.0. The topological polar surface area (TPSA) is 52.3 Å². The third kappa shape index (κ3) is 2.83. The lowest BCUT2D eigenvalue weighted by molar-refractivity contribution is 0.0992. The molecule has 0 spiro atoms. The van der Waals surface area contributed by atoms with Gasteiger partial charge in [0, 0.05) is 35.0 Å². The second-order valence-electron chi connectivity index (χ2n) is 4.04. The second-order valence-corrected chi connectivity index (χ2v) is 5.75. The average Bonchev–Trinajstić information content (AvgIpc) is 2.33. The second kappa shape index (κ2) is 5.46. The molecular weight excluding hydrogens is 222 g/mol. The van der Waals surface area contributed by atoms with Gasteiger partial charge in [-0.1, -0.05) is 18.2 Å². The molecule has 88 valence electrons. The zero-order valence-electron chi connectivity index (χ0n) is 9.22. The van der Waals surface area contributed by atoms with Gasteiger partial charge >= 0.3 is 0 Å². The molecule has 1 atom stereocenters. The van der Waals surface area contributed by atoms with Crippen molar-refractivity contribution in [2.75, 3.05) is 18.9 Å². The molecule has 1 fully saturated rings. The molecule has 0 saturated carbocycles. The van der Waals surface area contributed by atoms with Gasteiger partial charge in [0.1, 0.15) is 0 Å². The first-order chi connectivity index (χ1) is 7.77. The normalized spacial score (nSPS) is 19.5. The Labute approximate surface area is 98.4 Å². The van der Waals surface area contributed by atoms with E-state index >= 15 is 0 Å². The van der Waals surface area contributed by atoms with Gasteiger partial charge < -0.3 is 10.5 Å². The fraction of sp³-hybridized carbons (Fsp3) is 0.500. The van der Waals surface area contributed by atoms with Crippen LogP contribution in [0.2, 0.25) is 0 Å². The molecular formula is C12H17NO2S. The number of nitrogens with two attached hydrogens (primary N) is 1. The third-order valence-electron chi connectivity index (χ3n) is 2.89. The third-order valence-corrected chi connectivity index (χ3v) is 4.70. The first kappa shape index (κ1) is 11.6. The molecule has 1 aliphatic heterocycles. The monoisotopic (exact) mass is 239 g/mol. The molecule has 4 heteroatoms. The Morgan fingerprint density at radius 3 is 2.69 bits per heavy atom. The van der Waals surface area contributed by atoms with Crippen molar-refractivity contribution in [2.45, 2.75) is 23.8 Å². The van der Waals surface area contributed by atoms with Crippen molar-refractivity contribution in [3.05, 3.63) is 29.8 Å². The number of nitrogen functional groups attached to an aromatic ring is 1. The summed E-state index contributed by atoms with van der Waals surface area (Å²) in [5.41, 5.74) is 7.57. The van der Waals surface area contributed by atoms with Gasteiger partial charge in [-0.25, -0.2) is 0 Å². The Morgan fingerprint density at radius 2 is 2.00 bits per heavy atom. The standard InChI is InChI=1S/C12H17NO2S/c13-12-4-2-1-3-10(12)9-16(14)11-5-7-15-8-6-11/h1-4,11H,5-9,13H2. The molecule has 0 amide bonds. The molecule has 0 radical (unpaired) electrons. The van der Waals surface area contributed by atoms with E-state index in [2.05, 4.69) is 0 Å². The van der Waals surface area contributed by atoms with Crippen LogP contribution in [0.15, 0.2) is 24.3 Å². The van der Waals surface area contributed by atoms with E-state index in [4.69, 9.17) is 10.5 Å². The number of para-hydroxylation sites is 1. The molecule has 0 bridgehead atoms. The Morgan fingerprint density at radius 1 is 1.31 bits per heavy atom. The van der Waals surface area contributed by atoms with Crippen LogP contribution in [0.1, 0.15) is 18.4 Å². The quantitative estimate of drug-likeness (QED) is 0.817. The highest BCUT2D eigenvalue weighted by atomic mass is 32.2. The van der Waals surface area contributed by atoms with E-state index in [1.54, 1.807) is 0 Å². The predicted octanol–water partition coefficient (Wildman–Crippen LogP) is 1.70. The summed E-state index contributed by atoms with van der Waals surface area (Å²) in [6.45, 7) is 1.47. The van der Waals surface area contributed by atoms with Gasteiger partial charge in [0.2, 0.25) is 0 Å². The summed E-state index contributed by atoms with van der Waals surface area (Å²) in [7, 11) is -0.828. The number of rotatable bonds is 3. The molecule has 2 N–H and O–H groups in total. The van der Waals surface area contributed by atoms with Crippen molar-refractivity contribution < 1.29 is 8.95 Å². The molecule has 0 aliphatic carbocycles. The predicted molar refractivity (Wildman–Crippen MR) is 66.5 cm³/mol. The van der Waals surface area contributed by atoms with Gasteiger partial charge in [-0.05, 0) is 24.5 Å². The maximum atomic E-state index is 12.1. The van der Waals surface area contributed by atoms with Crippen molar-refractivity contribution in [3.63, 3.8) is 0 Å². The lowest BCUT2D eigenvalue weighted by Crippen LogP contribution is -2.25. The number of ether oxygens (including phenoxy) is 1. The zero-order chi connectivity index (χ0) is 11.4. The van der Waals surface area contributed by atoms with Crippen LogP contribution in [0, 0.1) is 0 Å². The van der Waals surface area contributed by atoms with Crippen LogP contribution >= 0.6 is 0 Å². The first-order valence-electron chi connectivity index (χ1n) is 5.55. The lowest BCUT2D eigenvalue weighted by Gasteiger charge is -2.21. The van der Waals surface area contributed by atoms with E-state index in [0.717, 1.165) is 37.3 Å². The molecule has 1 aromatic carbocycles. The van der Waals surface area contributed by atoms with Gasteiger partial charge in [0.25, 0.3) is 0 Å². The van der Waals surface area contributed by atoms with Crippen molar-refractivity contribution >= 4 is 16.5 Å². The van der Waals surface area contributed by atoms with E-state index < -0.39 is 10.8 Å².